The lowest BCUT2D eigenvalue weighted by Crippen LogP contribution is -2.15. The van der Waals surface area contributed by atoms with Crippen LogP contribution in [0.2, 0.25) is 0 Å². The molecule has 108 valence electrons. The molecular formula is C17H17NO3. The highest BCUT2D eigenvalue weighted by Gasteiger charge is 2.11. The Balaban J connectivity index is 2.16. The Kier molecular flexibility index (Phi) is 4.72. The van der Waals surface area contributed by atoms with E-state index in [2.05, 4.69) is 5.32 Å². The van der Waals surface area contributed by atoms with Crippen molar-refractivity contribution in [3.8, 4) is 5.75 Å². The zero-order chi connectivity index (χ0) is 15.2. The van der Waals surface area contributed by atoms with Crippen molar-refractivity contribution in [2.75, 3.05) is 12.4 Å². The molecule has 0 saturated heterocycles. The average molecular weight is 283 g/mol. The van der Waals surface area contributed by atoms with Crippen molar-refractivity contribution in [1.82, 2.24) is 0 Å². The summed E-state index contributed by atoms with van der Waals surface area (Å²) in [5, 5.41) is 2.81. The maximum atomic E-state index is 12.1. The van der Waals surface area contributed by atoms with E-state index in [1.165, 1.54) is 6.92 Å². The summed E-state index contributed by atoms with van der Waals surface area (Å²) in [5.74, 6) is 0.408. The lowest BCUT2D eigenvalue weighted by Gasteiger charge is -2.10. The van der Waals surface area contributed by atoms with Crippen molar-refractivity contribution in [2.45, 2.75) is 13.3 Å². The minimum atomic E-state index is -0.153. The van der Waals surface area contributed by atoms with E-state index in [-0.39, 0.29) is 18.1 Å². The molecule has 0 saturated carbocycles. The summed E-state index contributed by atoms with van der Waals surface area (Å²) in [4.78, 5) is 23.5. The van der Waals surface area contributed by atoms with Crippen molar-refractivity contribution in [3.63, 3.8) is 0 Å². The average Bonchev–Trinajstić information content (AvgIpc) is 2.48. The summed E-state index contributed by atoms with van der Waals surface area (Å²) in [6.45, 7) is 1.50. The van der Waals surface area contributed by atoms with E-state index in [9.17, 15) is 9.59 Å². The van der Waals surface area contributed by atoms with E-state index in [1.807, 2.05) is 30.3 Å². The maximum absolute atomic E-state index is 12.1. The van der Waals surface area contributed by atoms with E-state index >= 15 is 0 Å². The molecule has 1 N–H and O–H groups in total. The number of methoxy groups -OCH3 is 1. The van der Waals surface area contributed by atoms with Gasteiger partial charge in [0.1, 0.15) is 5.75 Å². The Hall–Kier alpha value is -2.62. The fraction of sp³-hybridized carbons (Fsp3) is 0.176. The van der Waals surface area contributed by atoms with E-state index < -0.39 is 0 Å². The van der Waals surface area contributed by atoms with Crippen LogP contribution in [-0.2, 0) is 11.2 Å². The third-order valence-electron chi connectivity index (χ3n) is 3.10. The molecule has 0 spiro atoms. The third kappa shape index (κ3) is 3.92. The van der Waals surface area contributed by atoms with E-state index in [0.717, 1.165) is 5.69 Å². The number of rotatable bonds is 5. The molecule has 0 bridgehead atoms. The zero-order valence-corrected chi connectivity index (χ0v) is 12.1. The molecule has 0 radical (unpaired) electrons. The molecule has 2 aromatic carbocycles. The van der Waals surface area contributed by atoms with Crippen LogP contribution in [0.1, 0.15) is 22.8 Å². The summed E-state index contributed by atoms with van der Waals surface area (Å²) in [6, 6.07) is 14.3. The minimum absolute atomic E-state index is 0.0395. The second kappa shape index (κ2) is 6.70. The van der Waals surface area contributed by atoms with Crippen LogP contribution in [0, 0.1) is 0 Å². The van der Waals surface area contributed by atoms with Gasteiger partial charge < -0.3 is 10.1 Å². The summed E-state index contributed by atoms with van der Waals surface area (Å²) < 4.78 is 5.24. The summed E-state index contributed by atoms with van der Waals surface area (Å²) in [7, 11) is 1.54. The Morgan fingerprint density at radius 2 is 1.81 bits per heavy atom. The van der Waals surface area contributed by atoms with Crippen LogP contribution < -0.4 is 10.1 Å². The molecule has 0 aromatic heterocycles. The van der Waals surface area contributed by atoms with Gasteiger partial charge in [0, 0.05) is 16.8 Å². The van der Waals surface area contributed by atoms with Crippen LogP contribution in [-0.4, -0.2) is 18.8 Å². The number of benzene rings is 2. The van der Waals surface area contributed by atoms with Crippen LogP contribution in [0.5, 0.6) is 5.75 Å². The zero-order valence-electron chi connectivity index (χ0n) is 12.1. The maximum Gasteiger partial charge on any atom is 0.228 e. The Labute approximate surface area is 123 Å². The fourth-order valence-corrected chi connectivity index (χ4v) is 2.04. The SMILES string of the molecule is COc1ccc(C(C)=O)cc1CC(=O)Nc1ccccc1. The van der Waals surface area contributed by atoms with Gasteiger partial charge in [-0.2, -0.15) is 0 Å². The predicted molar refractivity (Wildman–Crippen MR) is 81.8 cm³/mol. The highest BCUT2D eigenvalue weighted by atomic mass is 16.5. The molecule has 0 aliphatic carbocycles. The first-order valence-electron chi connectivity index (χ1n) is 6.63. The number of nitrogens with one attached hydrogen (secondary N) is 1. The molecule has 0 aliphatic heterocycles. The minimum Gasteiger partial charge on any atom is -0.496 e. The molecule has 2 aromatic rings. The molecular weight excluding hydrogens is 266 g/mol. The van der Waals surface area contributed by atoms with E-state index in [4.69, 9.17) is 4.74 Å². The quantitative estimate of drug-likeness (QED) is 0.858. The van der Waals surface area contributed by atoms with Crippen LogP contribution in [0.15, 0.2) is 48.5 Å². The number of para-hydroxylation sites is 1. The number of ether oxygens (including phenoxy) is 1. The second-order valence-corrected chi connectivity index (χ2v) is 4.67. The standard InChI is InChI=1S/C17H17NO3/c1-12(19)13-8-9-16(21-2)14(10-13)11-17(20)18-15-6-4-3-5-7-15/h3-10H,11H2,1-2H3,(H,18,20). The van der Waals surface area contributed by atoms with Gasteiger partial charge in [-0.25, -0.2) is 0 Å². The summed E-state index contributed by atoms with van der Waals surface area (Å²) >= 11 is 0. The highest BCUT2D eigenvalue weighted by molar-refractivity contribution is 5.96. The molecule has 0 fully saturated rings. The monoisotopic (exact) mass is 283 g/mol. The van der Waals surface area contributed by atoms with Crippen molar-refractivity contribution < 1.29 is 14.3 Å². The van der Waals surface area contributed by atoms with Crippen molar-refractivity contribution in [3.05, 3.63) is 59.7 Å². The predicted octanol–water partition coefficient (Wildman–Crippen LogP) is 3.08. The van der Waals surface area contributed by atoms with Crippen LogP contribution in [0.25, 0.3) is 0 Å². The molecule has 0 heterocycles. The molecule has 21 heavy (non-hydrogen) atoms. The number of carbonyl (C=O) groups excluding carboxylic acids is 2. The van der Waals surface area contributed by atoms with Gasteiger partial charge >= 0.3 is 0 Å². The normalized spacial score (nSPS) is 10.0. The molecule has 0 atom stereocenters. The molecule has 0 unspecified atom stereocenters. The number of hydrogen-bond donors (Lipinski definition) is 1. The largest absolute Gasteiger partial charge is 0.496 e. The number of anilines is 1. The van der Waals surface area contributed by atoms with Gasteiger partial charge in [0.25, 0.3) is 0 Å². The summed E-state index contributed by atoms with van der Waals surface area (Å²) in [6.07, 6.45) is 0.152. The van der Waals surface area contributed by atoms with Crippen molar-refractivity contribution in [2.24, 2.45) is 0 Å². The Bertz CT molecular complexity index is 650. The van der Waals surface area contributed by atoms with Crippen LogP contribution in [0.4, 0.5) is 5.69 Å². The number of Topliss-reactive ketones (excluding diaryl/α,β-unsaturated/α-hetero) is 1. The number of ketones is 1. The van der Waals surface area contributed by atoms with Crippen molar-refractivity contribution in [1.29, 1.82) is 0 Å². The topological polar surface area (TPSA) is 55.4 Å². The van der Waals surface area contributed by atoms with E-state index in [1.54, 1.807) is 25.3 Å². The molecule has 1 amide bonds. The first kappa shape index (κ1) is 14.8. The second-order valence-electron chi connectivity index (χ2n) is 4.67. The Morgan fingerprint density at radius 3 is 2.43 bits per heavy atom. The van der Waals surface area contributed by atoms with Crippen LogP contribution >= 0.6 is 0 Å². The first-order valence-corrected chi connectivity index (χ1v) is 6.63. The smallest absolute Gasteiger partial charge is 0.228 e. The van der Waals surface area contributed by atoms with Gasteiger partial charge in [0.05, 0.1) is 13.5 Å². The first-order chi connectivity index (χ1) is 10.1. The molecule has 0 aliphatic rings. The van der Waals surface area contributed by atoms with Gasteiger partial charge in [-0.15, -0.1) is 0 Å². The van der Waals surface area contributed by atoms with Crippen molar-refractivity contribution >= 4 is 17.4 Å². The van der Waals surface area contributed by atoms with Gasteiger partial charge in [-0.1, -0.05) is 18.2 Å². The van der Waals surface area contributed by atoms with Crippen LogP contribution in [0.3, 0.4) is 0 Å². The van der Waals surface area contributed by atoms with Gasteiger partial charge in [-0.3, -0.25) is 9.59 Å². The Morgan fingerprint density at radius 1 is 1.10 bits per heavy atom. The lowest BCUT2D eigenvalue weighted by molar-refractivity contribution is -0.115. The number of carbonyl (C=O) groups is 2. The highest BCUT2D eigenvalue weighted by Crippen LogP contribution is 2.21. The van der Waals surface area contributed by atoms with Gasteiger partial charge in [-0.05, 0) is 37.3 Å². The number of hydrogen-bond acceptors (Lipinski definition) is 3. The molecule has 4 heteroatoms. The molecule has 2 rings (SSSR count). The third-order valence-corrected chi connectivity index (χ3v) is 3.10. The summed E-state index contributed by atoms with van der Waals surface area (Å²) in [5.41, 5.74) is 2.00. The fourth-order valence-electron chi connectivity index (χ4n) is 2.04. The number of amides is 1. The lowest BCUT2D eigenvalue weighted by atomic mass is 10.0. The van der Waals surface area contributed by atoms with E-state index in [0.29, 0.717) is 16.9 Å². The van der Waals surface area contributed by atoms with Gasteiger partial charge in [0.15, 0.2) is 5.78 Å². The molecule has 4 nitrogen and oxygen atoms in total. The van der Waals surface area contributed by atoms with Gasteiger partial charge in [0.2, 0.25) is 5.91 Å².